The topological polar surface area (TPSA) is 49.7 Å². The van der Waals surface area contributed by atoms with Crippen molar-refractivity contribution in [3.05, 3.63) is 47.0 Å². The molecule has 0 bridgehead atoms. The first-order valence-corrected chi connectivity index (χ1v) is 13.7. The van der Waals surface area contributed by atoms with Crippen LogP contribution in [-0.2, 0) is 17.5 Å². The van der Waals surface area contributed by atoms with Crippen molar-refractivity contribution < 1.29 is 31.1 Å². The molecule has 3 aromatic heterocycles. The lowest BCUT2D eigenvalue weighted by atomic mass is 10.2. The van der Waals surface area contributed by atoms with Crippen LogP contribution in [-0.4, -0.2) is 89.5 Å². The number of thiophene rings is 1. The summed E-state index contributed by atoms with van der Waals surface area (Å²) >= 11 is 1.47. The second kappa shape index (κ2) is 10.5. The third kappa shape index (κ3) is 5.62. The Morgan fingerprint density at radius 1 is 0.850 bits per heavy atom. The molecule has 0 saturated carbocycles. The van der Waals surface area contributed by atoms with E-state index < -0.39 is 24.6 Å². The van der Waals surface area contributed by atoms with E-state index >= 15 is 0 Å². The molecule has 5 heterocycles. The molecule has 0 unspecified atom stereocenters. The minimum absolute atomic E-state index is 0.0624. The maximum atomic E-state index is 14.2. The van der Waals surface area contributed by atoms with E-state index in [1.165, 1.54) is 16.2 Å². The van der Waals surface area contributed by atoms with Gasteiger partial charge in [-0.15, -0.1) is 11.3 Å². The highest BCUT2D eigenvalue weighted by Gasteiger charge is 2.37. The van der Waals surface area contributed by atoms with E-state index in [2.05, 4.69) is 9.88 Å². The molecule has 2 aliphatic rings. The van der Waals surface area contributed by atoms with Crippen LogP contribution < -0.4 is 4.90 Å². The molecule has 0 radical (unpaired) electrons. The van der Waals surface area contributed by atoms with Crippen molar-refractivity contribution in [3.8, 4) is 5.95 Å². The minimum Gasteiger partial charge on any atom is -0.378 e. The van der Waals surface area contributed by atoms with Gasteiger partial charge in [-0.1, -0.05) is 18.2 Å². The molecule has 14 heteroatoms. The van der Waals surface area contributed by atoms with Crippen molar-refractivity contribution in [2.75, 3.05) is 63.9 Å². The summed E-state index contributed by atoms with van der Waals surface area (Å²) in [6, 6.07) is 9.57. The number of piperazine rings is 1. The van der Waals surface area contributed by atoms with Gasteiger partial charge < -0.3 is 9.64 Å². The average Bonchev–Trinajstić information content (AvgIpc) is 3.50. The van der Waals surface area contributed by atoms with Crippen LogP contribution in [0.4, 0.5) is 32.2 Å². The first kappa shape index (κ1) is 27.2. The summed E-state index contributed by atoms with van der Waals surface area (Å²) in [6.45, 7) is 3.23. The number of aromatic nitrogens is 3. The fourth-order valence-electron chi connectivity index (χ4n) is 5.28. The van der Waals surface area contributed by atoms with Crippen molar-refractivity contribution >= 4 is 38.3 Å². The summed E-state index contributed by atoms with van der Waals surface area (Å²) in [4.78, 5) is 15.7. The molecule has 0 spiro atoms. The molecular formula is C26H26F6N6OS. The van der Waals surface area contributed by atoms with E-state index in [1.807, 2.05) is 11.0 Å². The number of rotatable bonds is 5. The lowest BCUT2D eigenvalue weighted by Gasteiger charge is -2.34. The second-order valence-electron chi connectivity index (χ2n) is 9.96. The zero-order chi connectivity index (χ0) is 28.1. The number of hydrogen-bond acceptors (Lipinski definition) is 7. The van der Waals surface area contributed by atoms with Gasteiger partial charge in [0.25, 0.3) is 0 Å². The quantitative estimate of drug-likeness (QED) is 0.302. The second-order valence-corrected chi connectivity index (χ2v) is 11.1. The Morgan fingerprint density at radius 2 is 1.55 bits per heavy atom. The van der Waals surface area contributed by atoms with E-state index in [0.29, 0.717) is 81.3 Å². The van der Waals surface area contributed by atoms with Crippen LogP contribution in [0, 0.1) is 0 Å². The Labute approximate surface area is 229 Å². The summed E-state index contributed by atoms with van der Waals surface area (Å²) in [5.74, 6) is 0.494. The summed E-state index contributed by atoms with van der Waals surface area (Å²) < 4.78 is 88.1. The number of anilines is 1. The molecule has 4 aromatic rings. The first-order valence-electron chi connectivity index (χ1n) is 12.9. The molecule has 0 amide bonds. The number of nitrogens with zero attached hydrogens (tertiary/aromatic N) is 6. The summed E-state index contributed by atoms with van der Waals surface area (Å²) in [5, 5.41) is 0.433. The smallest absolute Gasteiger partial charge is 0.378 e. The van der Waals surface area contributed by atoms with Gasteiger partial charge in [0.05, 0.1) is 35.5 Å². The Hall–Kier alpha value is -2.94. The number of para-hydroxylation sites is 1. The monoisotopic (exact) mass is 584 g/mol. The molecule has 40 heavy (non-hydrogen) atoms. The predicted molar refractivity (Wildman–Crippen MR) is 140 cm³/mol. The minimum atomic E-state index is -4.62. The lowest BCUT2D eigenvalue weighted by molar-refractivity contribution is -0.149. The zero-order valence-corrected chi connectivity index (χ0v) is 22.1. The van der Waals surface area contributed by atoms with Crippen molar-refractivity contribution in [1.82, 2.24) is 24.3 Å². The van der Waals surface area contributed by atoms with Gasteiger partial charge in [0.15, 0.2) is 5.82 Å². The van der Waals surface area contributed by atoms with Crippen molar-refractivity contribution in [1.29, 1.82) is 0 Å². The van der Waals surface area contributed by atoms with Gasteiger partial charge >= 0.3 is 12.4 Å². The van der Waals surface area contributed by atoms with Gasteiger partial charge in [-0.25, -0.2) is 4.98 Å². The maximum absolute atomic E-state index is 14.2. The van der Waals surface area contributed by atoms with Crippen LogP contribution in [0.3, 0.4) is 0 Å². The van der Waals surface area contributed by atoms with Crippen LogP contribution in [0.5, 0.6) is 0 Å². The molecule has 0 atom stereocenters. The molecule has 214 valence electrons. The van der Waals surface area contributed by atoms with Gasteiger partial charge in [0.2, 0.25) is 5.95 Å². The lowest BCUT2D eigenvalue weighted by Crippen LogP contribution is -2.48. The maximum Gasteiger partial charge on any atom is 0.431 e. The molecule has 0 N–H and O–H groups in total. The SMILES string of the molecule is FC(F)(F)CN1CCN(Cc2cc3nc(-n4c(C(F)(F)F)cc5ccccc54)nc(N4CCOCC4)c3s2)CC1. The summed E-state index contributed by atoms with van der Waals surface area (Å²) in [5.41, 5.74) is 0.0375. The molecule has 2 aliphatic heterocycles. The van der Waals surface area contributed by atoms with E-state index in [4.69, 9.17) is 9.72 Å². The number of ether oxygens (including phenoxy) is 1. The normalized spacial score (nSPS) is 18.3. The average molecular weight is 585 g/mol. The largest absolute Gasteiger partial charge is 0.431 e. The Balaban J connectivity index is 1.37. The van der Waals surface area contributed by atoms with E-state index in [9.17, 15) is 26.3 Å². The zero-order valence-electron chi connectivity index (χ0n) is 21.3. The van der Waals surface area contributed by atoms with Crippen LogP contribution in [0.25, 0.3) is 27.1 Å². The molecule has 6 rings (SSSR count). The van der Waals surface area contributed by atoms with Crippen LogP contribution in [0.1, 0.15) is 10.6 Å². The van der Waals surface area contributed by atoms with Crippen LogP contribution in [0.2, 0.25) is 0 Å². The van der Waals surface area contributed by atoms with Crippen LogP contribution >= 0.6 is 11.3 Å². The molecule has 7 nitrogen and oxygen atoms in total. The fourth-order valence-corrected chi connectivity index (χ4v) is 6.43. The number of fused-ring (bicyclic) bond motifs is 2. The third-order valence-electron chi connectivity index (χ3n) is 7.15. The van der Waals surface area contributed by atoms with Gasteiger partial charge in [0.1, 0.15) is 5.69 Å². The molecule has 2 fully saturated rings. The fraction of sp³-hybridized carbons (Fsp3) is 0.462. The number of alkyl halides is 6. The summed E-state index contributed by atoms with van der Waals surface area (Å²) in [6.07, 6.45) is -8.85. The van der Waals surface area contributed by atoms with Crippen molar-refractivity contribution in [2.45, 2.75) is 18.9 Å². The number of morpholine rings is 1. The number of halogens is 6. The van der Waals surface area contributed by atoms with E-state index in [1.54, 1.807) is 24.3 Å². The summed E-state index contributed by atoms with van der Waals surface area (Å²) in [7, 11) is 0. The Bertz CT molecular complexity index is 1500. The van der Waals surface area contributed by atoms with E-state index in [-0.39, 0.29) is 5.95 Å². The predicted octanol–water partition coefficient (Wildman–Crippen LogP) is 5.17. The van der Waals surface area contributed by atoms with Crippen molar-refractivity contribution in [3.63, 3.8) is 0 Å². The van der Waals surface area contributed by atoms with Gasteiger partial charge in [-0.05, 0) is 18.2 Å². The molecule has 0 aliphatic carbocycles. The van der Waals surface area contributed by atoms with Gasteiger partial charge in [-0.2, -0.15) is 31.3 Å². The first-order chi connectivity index (χ1) is 19.0. The number of benzene rings is 1. The third-order valence-corrected chi connectivity index (χ3v) is 8.26. The molecule has 2 saturated heterocycles. The van der Waals surface area contributed by atoms with Crippen LogP contribution in [0.15, 0.2) is 36.4 Å². The molecule has 1 aromatic carbocycles. The highest BCUT2D eigenvalue weighted by Crippen LogP contribution is 2.38. The van der Waals surface area contributed by atoms with Crippen molar-refractivity contribution in [2.24, 2.45) is 0 Å². The highest BCUT2D eigenvalue weighted by molar-refractivity contribution is 7.19. The van der Waals surface area contributed by atoms with E-state index in [0.717, 1.165) is 20.2 Å². The molecular weight excluding hydrogens is 558 g/mol. The van der Waals surface area contributed by atoms with Gasteiger partial charge in [0, 0.05) is 56.1 Å². The number of hydrogen-bond donors (Lipinski definition) is 0. The highest BCUT2D eigenvalue weighted by atomic mass is 32.1. The standard InChI is InChI=1S/C26H26F6N6OS/c27-25(28,29)16-36-7-5-35(6-8-36)15-18-14-19-22(40-18)23(37-9-11-39-12-10-37)34-24(33-19)38-20-4-2-1-3-17(20)13-21(38)26(30,31)32/h1-4,13-14H,5-12,15-16H2. The Morgan fingerprint density at radius 3 is 2.25 bits per heavy atom. The van der Waals surface area contributed by atoms with Gasteiger partial charge in [-0.3, -0.25) is 14.4 Å². The Kier molecular flexibility index (Phi) is 7.13.